The molecule has 1 aromatic heterocycles. The van der Waals surface area contributed by atoms with Gasteiger partial charge in [0.05, 0.1) is 5.56 Å². The third-order valence-electron chi connectivity index (χ3n) is 2.63. The Bertz CT molecular complexity index is 505. The third-order valence-corrected chi connectivity index (χ3v) is 3.53. The van der Waals surface area contributed by atoms with Crippen LogP contribution < -0.4 is 5.32 Å². The van der Waals surface area contributed by atoms with Gasteiger partial charge in [0.1, 0.15) is 0 Å². The summed E-state index contributed by atoms with van der Waals surface area (Å²) in [5.74, 6) is -0.895. The predicted octanol–water partition coefficient (Wildman–Crippen LogP) is 3.49. The molecule has 2 rings (SSSR count). The minimum absolute atomic E-state index is 0.312. The second-order valence-corrected chi connectivity index (χ2v) is 5.24. The first-order valence-electron chi connectivity index (χ1n) is 5.77. The van der Waals surface area contributed by atoms with Gasteiger partial charge in [-0.05, 0) is 42.6 Å². The van der Waals surface area contributed by atoms with Crippen LogP contribution >= 0.6 is 11.3 Å². The molecule has 0 radical (unpaired) electrons. The lowest BCUT2D eigenvalue weighted by Crippen LogP contribution is -2.17. The third kappa shape index (κ3) is 3.34. The van der Waals surface area contributed by atoms with Gasteiger partial charge in [-0.15, -0.1) is 11.3 Å². The number of carboxylic acids is 1. The molecule has 0 amide bonds. The van der Waals surface area contributed by atoms with Gasteiger partial charge >= 0.3 is 5.97 Å². The highest BCUT2D eigenvalue weighted by Crippen LogP contribution is 2.15. The Hall–Kier alpha value is -1.81. The van der Waals surface area contributed by atoms with E-state index in [4.69, 9.17) is 5.11 Å². The number of carboxylic acid groups (broad SMARTS) is 1. The molecule has 0 aliphatic rings. The minimum atomic E-state index is -0.895. The second-order valence-electron chi connectivity index (χ2n) is 4.21. The van der Waals surface area contributed by atoms with Crippen molar-refractivity contribution in [1.82, 2.24) is 0 Å². The van der Waals surface area contributed by atoms with Crippen molar-refractivity contribution in [1.29, 1.82) is 0 Å². The zero-order valence-electron chi connectivity index (χ0n) is 10.1. The number of hydrogen-bond acceptors (Lipinski definition) is 3. The molecule has 1 unspecified atom stereocenters. The fourth-order valence-corrected chi connectivity index (χ4v) is 2.61. The molecule has 4 heteroatoms. The van der Waals surface area contributed by atoms with Gasteiger partial charge < -0.3 is 10.4 Å². The molecule has 3 nitrogen and oxygen atoms in total. The van der Waals surface area contributed by atoms with Crippen LogP contribution in [0.1, 0.15) is 22.2 Å². The van der Waals surface area contributed by atoms with Crippen molar-refractivity contribution in [2.45, 2.75) is 19.4 Å². The molecule has 0 aliphatic carbocycles. The average Bonchev–Trinajstić information content (AvgIpc) is 2.82. The Morgan fingerprint density at radius 1 is 1.33 bits per heavy atom. The molecular weight excluding hydrogens is 246 g/mol. The molecule has 1 heterocycles. The maximum Gasteiger partial charge on any atom is 0.335 e. The summed E-state index contributed by atoms with van der Waals surface area (Å²) in [6.45, 7) is 2.12. The van der Waals surface area contributed by atoms with Crippen LogP contribution in [0.5, 0.6) is 0 Å². The van der Waals surface area contributed by atoms with Crippen molar-refractivity contribution in [3.05, 3.63) is 52.2 Å². The lowest BCUT2D eigenvalue weighted by atomic mass is 10.1. The van der Waals surface area contributed by atoms with E-state index in [9.17, 15) is 4.79 Å². The monoisotopic (exact) mass is 261 g/mol. The molecule has 0 bridgehead atoms. The molecule has 2 N–H and O–H groups in total. The summed E-state index contributed by atoms with van der Waals surface area (Å²) in [6.07, 6.45) is 0.971. The smallest absolute Gasteiger partial charge is 0.335 e. The molecular formula is C14H15NO2S. The summed E-state index contributed by atoms with van der Waals surface area (Å²) in [5.41, 5.74) is 1.26. The number of aromatic carboxylic acids is 1. The number of nitrogens with one attached hydrogen (secondary N) is 1. The van der Waals surface area contributed by atoms with Gasteiger partial charge in [0.25, 0.3) is 0 Å². The number of carbonyl (C=O) groups is 1. The van der Waals surface area contributed by atoms with E-state index in [1.807, 2.05) is 6.07 Å². The number of anilines is 1. The van der Waals surface area contributed by atoms with E-state index < -0.39 is 5.97 Å². The van der Waals surface area contributed by atoms with Gasteiger partial charge in [-0.2, -0.15) is 0 Å². The Morgan fingerprint density at radius 2 is 2.06 bits per heavy atom. The van der Waals surface area contributed by atoms with Crippen molar-refractivity contribution >= 4 is 23.0 Å². The Morgan fingerprint density at radius 3 is 2.61 bits per heavy atom. The van der Waals surface area contributed by atoms with Crippen LogP contribution in [0.4, 0.5) is 5.69 Å². The molecule has 2 aromatic rings. The normalized spacial score (nSPS) is 12.1. The van der Waals surface area contributed by atoms with E-state index in [0.29, 0.717) is 11.6 Å². The summed E-state index contributed by atoms with van der Waals surface area (Å²) in [6, 6.07) is 11.3. The number of rotatable bonds is 5. The van der Waals surface area contributed by atoms with Gasteiger partial charge in [-0.1, -0.05) is 6.07 Å². The lowest BCUT2D eigenvalue weighted by molar-refractivity contribution is 0.0697. The minimum Gasteiger partial charge on any atom is -0.478 e. The quantitative estimate of drug-likeness (QED) is 0.866. The summed E-state index contributed by atoms with van der Waals surface area (Å²) in [4.78, 5) is 12.1. The lowest BCUT2D eigenvalue weighted by Gasteiger charge is -2.14. The number of thiophene rings is 1. The number of hydrogen-bond donors (Lipinski definition) is 2. The van der Waals surface area contributed by atoms with Crippen molar-refractivity contribution < 1.29 is 9.90 Å². The first-order valence-corrected chi connectivity index (χ1v) is 6.65. The highest BCUT2D eigenvalue weighted by atomic mass is 32.1. The Labute approximate surface area is 110 Å². The van der Waals surface area contributed by atoms with Crippen molar-refractivity contribution in [2.75, 3.05) is 5.32 Å². The molecule has 1 atom stereocenters. The second kappa shape index (κ2) is 5.69. The Kier molecular flexibility index (Phi) is 3.99. The van der Waals surface area contributed by atoms with Crippen LogP contribution in [0, 0.1) is 0 Å². The van der Waals surface area contributed by atoms with Crippen molar-refractivity contribution in [3.8, 4) is 0 Å². The fourth-order valence-electron chi connectivity index (χ4n) is 1.78. The van der Waals surface area contributed by atoms with Gasteiger partial charge in [0.2, 0.25) is 0 Å². The van der Waals surface area contributed by atoms with Gasteiger partial charge in [-0.25, -0.2) is 4.79 Å². The molecule has 18 heavy (non-hydrogen) atoms. The largest absolute Gasteiger partial charge is 0.478 e. The zero-order valence-corrected chi connectivity index (χ0v) is 10.9. The first kappa shape index (κ1) is 12.6. The van der Waals surface area contributed by atoms with Crippen molar-refractivity contribution in [3.63, 3.8) is 0 Å². The predicted molar refractivity (Wildman–Crippen MR) is 74.5 cm³/mol. The van der Waals surface area contributed by atoms with Crippen molar-refractivity contribution in [2.24, 2.45) is 0 Å². The molecule has 0 spiro atoms. The van der Waals surface area contributed by atoms with E-state index in [2.05, 4.69) is 23.7 Å². The molecule has 94 valence electrons. The first-order chi connectivity index (χ1) is 8.65. The van der Waals surface area contributed by atoms with Crippen LogP contribution in [-0.2, 0) is 6.42 Å². The number of benzene rings is 1. The molecule has 0 fully saturated rings. The van der Waals surface area contributed by atoms with Crippen LogP contribution in [-0.4, -0.2) is 17.1 Å². The van der Waals surface area contributed by atoms with Crippen LogP contribution in [0.3, 0.4) is 0 Å². The van der Waals surface area contributed by atoms with Gasteiger partial charge in [0, 0.05) is 23.0 Å². The highest BCUT2D eigenvalue weighted by Gasteiger charge is 2.06. The van der Waals surface area contributed by atoms with E-state index in [-0.39, 0.29) is 0 Å². The summed E-state index contributed by atoms with van der Waals surface area (Å²) >= 11 is 1.75. The molecule has 0 saturated carbocycles. The summed E-state index contributed by atoms with van der Waals surface area (Å²) < 4.78 is 0. The molecule has 1 aromatic carbocycles. The van der Waals surface area contributed by atoms with Crippen LogP contribution in [0.25, 0.3) is 0 Å². The highest BCUT2D eigenvalue weighted by molar-refractivity contribution is 7.09. The Balaban J connectivity index is 1.94. The van der Waals surface area contributed by atoms with Crippen LogP contribution in [0.15, 0.2) is 41.8 Å². The van der Waals surface area contributed by atoms with Gasteiger partial charge in [0.15, 0.2) is 0 Å². The topological polar surface area (TPSA) is 49.3 Å². The molecule has 0 aliphatic heterocycles. The molecule has 0 saturated heterocycles. The van der Waals surface area contributed by atoms with E-state index >= 15 is 0 Å². The fraction of sp³-hybridized carbons (Fsp3) is 0.214. The average molecular weight is 261 g/mol. The van der Waals surface area contributed by atoms with E-state index in [1.54, 1.807) is 35.6 Å². The van der Waals surface area contributed by atoms with Gasteiger partial charge in [-0.3, -0.25) is 0 Å². The van der Waals surface area contributed by atoms with E-state index in [1.165, 1.54) is 4.88 Å². The maximum atomic E-state index is 10.7. The summed E-state index contributed by atoms with van der Waals surface area (Å²) in [7, 11) is 0. The van der Waals surface area contributed by atoms with E-state index in [0.717, 1.165) is 12.1 Å². The SMILES string of the molecule is CC(Cc1cccs1)Nc1ccc(C(=O)O)cc1. The maximum absolute atomic E-state index is 10.7. The standard InChI is InChI=1S/C14H15NO2S/c1-10(9-13-3-2-8-18-13)15-12-6-4-11(5-7-12)14(16)17/h2-8,10,15H,9H2,1H3,(H,16,17). The zero-order chi connectivity index (χ0) is 13.0. The van der Waals surface area contributed by atoms with Crippen LogP contribution in [0.2, 0.25) is 0 Å². The summed E-state index contributed by atoms with van der Waals surface area (Å²) in [5, 5.41) is 14.2.